The molecule has 0 spiro atoms. The van der Waals surface area contributed by atoms with Crippen LogP contribution in [-0.4, -0.2) is 25.7 Å². The van der Waals surface area contributed by atoms with E-state index in [1.165, 1.54) is 24.3 Å². The molecule has 82 valence electrons. The normalized spacial score (nSPS) is 13.5. The highest BCUT2D eigenvalue weighted by molar-refractivity contribution is 7.90. The van der Waals surface area contributed by atoms with Crippen molar-refractivity contribution in [3.8, 4) is 0 Å². The summed E-state index contributed by atoms with van der Waals surface area (Å²) in [6.45, 7) is 1.55. The Hall–Kier alpha value is -1.36. The van der Waals surface area contributed by atoms with Crippen LogP contribution in [0.15, 0.2) is 29.2 Å². The van der Waals surface area contributed by atoms with Gasteiger partial charge in [0, 0.05) is 6.26 Å². The maximum absolute atomic E-state index is 11.1. The number of hydrogen-bond acceptors (Lipinski definition) is 3. The Balaban J connectivity index is 3.06. The fourth-order valence-electron chi connectivity index (χ4n) is 1.15. The minimum atomic E-state index is -3.21. The minimum absolute atomic E-state index is 0.198. The van der Waals surface area contributed by atoms with Crippen molar-refractivity contribution in [2.45, 2.75) is 17.7 Å². The van der Waals surface area contributed by atoms with Crippen molar-refractivity contribution in [2.75, 3.05) is 6.26 Å². The molecular formula is C10H12O4S. The minimum Gasteiger partial charge on any atom is -0.481 e. The molecule has 0 radical (unpaired) electrons. The van der Waals surface area contributed by atoms with E-state index >= 15 is 0 Å². The fraction of sp³-hybridized carbons (Fsp3) is 0.300. The molecule has 1 aromatic rings. The molecule has 4 nitrogen and oxygen atoms in total. The molecule has 0 aliphatic heterocycles. The van der Waals surface area contributed by atoms with Crippen LogP contribution >= 0.6 is 0 Å². The van der Waals surface area contributed by atoms with Crippen LogP contribution in [0.5, 0.6) is 0 Å². The van der Waals surface area contributed by atoms with Crippen LogP contribution in [0.4, 0.5) is 0 Å². The molecule has 1 rings (SSSR count). The first kappa shape index (κ1) is 11.7. The molecule has 0 fully saturated rings. The first-order valence-corrected chi connectivity index (χ1v) is 6.24. The van der Waals surface area contributed by atoms with Gasteiger partial charge in [0.1, 0.15) is 0 Å². The topological polar surface area (TPSA) is 71.4 Å². The third-order valence-electron chi connectivity index (χ3n) is 2.18. The lowest BCUT2D eigenvalue weighted by atomic mass is 10.0. The molecule has 0 aliphatic rings. The van der Waals surface area contributed by atoms with E-state index in [1.807, 2.05) is 0 Å². The molecule has 0 saturated heterocycles. The number of carboxylic acid groups (broad SMARTS) is 1. The molecule has 1 N–H and O–H groups in total. The van der Waals surface area contributed by atoms with Gasteiger partial charge in [0.2, 0.25) is 0 Å². The molecular weight excluding hydrogens is 216 g/mol. The van der Waals surface area contributed by atoms with Crippen LogP contribution in [0.1, 0.15) is 18.4 Å². The van der Waals surface area contributed by atoms with Gasteiger partial charge in [-0.05, 0) is 24.6 Å². The van der Waals surface area contributed by atoms with Crippen LogP contribution in [-0.2, 0) is 14.6 Å². The summed E-state index contributed by atoms with van der Waals surface area (Å²) in [4.78, 5) is 10.9. The second-order valence-corrected chi connectivity index (χ2v) is 5.42. The van der Waals surface area contributed by atoms with Crippen LogP contribution in [0, 0.1) is 0 Å². The number of carbonyl (C=O) groups is 1. The smallest absolute Gasteiger partial charge is 0.310 e. The summed E-state index contributed by atoms with van der Waals surface area (Å²) in [7, 11) is -3.21. The number of sulfone groups is 1. The number of rotatable bonds is 3. The summed E-state index contributed by atoms with van der Waals surface area (Å²) in [5.74, 6) is -1.55. The lowest BCUT2D eigenvalue weighted by molar-refractivity contribution is -0.138. The second-order valence-electron chi connectivity index (χ2n) is 3.40. The highest BCUT2D eigenvalue weighted by Crippen LogP contribution is 2.17. The molecule has 1 aromatic carbocycles. The molecule has 0 saturated carbocycles. The molecule has 1 atom stereocenters. The van der Waals surface area contributed by atoms with Crippen molar-refractivity contribution in [2.24, 2.45) is 0 Å². The van der Waals surface area contributed by atoms with Gasteiger partial charge >= 0.3 is 5.97 Å². The standard InChI is InChI=1S/C10H12O4S/c1-7(10(11)12)8-3-5-9(6-4-8)15(2,13)14/h3-7H,1-2H3,(H,11,12)/t7-/m1/s1. The fourth-order valence-corrected chi connectivity index (χ4v) is 1.78. The zero-order valence-corrected chi connectivity index (χ0v) is 9.28. The lowest BCUT2D eigenvalue weighted by Crippen LogP contribution is -2.07. The van der Waals surface area contributed by atoms with E-state index in [1.54, 1.807) is 6.92 Å². The Labute approximate surface area is 88.5 Å². The van der Waals surface area contributed by atoms with Gasteiger partial charge in [-0.25, -0.2) is 8.42 Å². The van der Waals surface area contributed by atoms with Crippen molar-refractivity contribution in [3.05, 3.63) is 29.8 Å². The van der Waals surface area contributed by atoms with Crippen LogP contribution in [0.25, 0.3) is 0 Å². The van der Waals surface area contributed by atoms with Gasteiger partial charge in [-0.2, -0.15) is 0 Å². The zero-order chi connectivity index (χ0) is 11.6. The molecule has 0 amide bonds. The number of carboxylic acids is 1. The molecule has 15 heavy (non-hydrogen) atoms. The number of hydrogen-bond donors (Lipinski definition) is 1. The van der Waals surface area contributed by atoms with E-state index in [9.17, 15) is 13.2 Å². The van der Waals surface area contributed by atoms with E-state index in [0.29, 0.717) is 5.56 Å². The van der Waals surface area contributed by atoms with Crippen molar-refractivity contribution in [1.82, 2.24) is 0 Å². The summed E-state index contributed by atoms with van der Waals surface area (Å²) in [6, 6.07) is 5.89. The van der Waals surface area contributed by atoms with Gasteiger partial charge in [-0.1, -0.05) is 12.1 Å². The SMILES string of the molecule is C[C@@H](C(=O)O)c1ccc(S(C)(=O)=O)cc1. The van der Waals surface area contributed by atoms with Crippen LogP contribution in [0.3, 0.4) is 0 Å². The molecule has 0 unspecified atom stereocenters. The lowest BCUT2D eigenvalue weighted by Gasteiger charge is -2.06. The second kappa shape index (κ2) is 4.02. The van der Waals surface area contributed by atoms with E-state index in [2.05, 4.69) is 0 Å². The van der Waals surface area contributed by atoms with E-state index < -0.39 is 21.7 Å². The first-order chi connectivity index (χ1) is 6.82. The monoisotopic (exact) mass is 228 g/mol. The van der Waals surface area contributed by atoms with Gasteiger partial charge < -0.3 is 5.11 Å². The van der Waals surface area contributed by atoms with Gasteiger partial charge in [-0.3, -0.25) is 4.79 Å². The van der Waals surface area contributed by atoms with Gasteiger partial charge in [-0.15, -0.1) is 0 Å². The van der Waals surface area contributed by atoms with Crippen molar-refractivity contribution in [3.63, 3.8) is 0 Å². The Morgan fingerprint density at radius 2 is 1.73 bits per heavy atom. The summed E-state index contributed by atoms with van der Waals surface area (Å²) >= 11 is 0. The zero-order valence-electron chi connectivity index (χ0n) is 8.47. The van der Waals surface area contributed by atoms with Crippen LogP contribution < -0.4 is 0 Å². The first-order valence-electron chi connectivity index (χ1n) is 4.35. The quantitative estimate of drug-likeness (QED) is 0.845. The predicted octanol–water partition coefficient (Wildman–Crippen LogP) is 1.28. The van der Waals surface area contributed by atoms with Gasteiger partial charge in [0.15, 0.2) is 9.84 Å². The number of aliphatic carboxylic acids is 1. The summed E-state index contributed by atoms with van der Waals surface area (Å²) in [6.07, 6.45) is 1.11. The largest absolute Gasteiger partial charge is 0.481 e. The van der Waals surface area contributed by atoms with E-state index in [-0.39, 0.29) is 4.90 Å². The Kier molecular flexibility index (Phi) is 3.14. The average molecular weight is 228 g/mol. The summed E-state index contributed by atoms with van der Waals surface area (Å²) in [5.41, 5.74) is 0.593. The maximum Gasteiger partial charge on any atom is 0.310 e. The van der Waals surface area contributed by atoms with Crippen LogP contribution in [0.2, 0.25) is 0 Å². The highest BCUT2D eigenvalue weighted by atomic mass is 32.2. The van der Waals surface area contributed by atoms with Crippen molar-refractivity contribution < 1.29 is 18.3 Å². The molecule has 0 aromatic heterocycles. The third-order valence-corrected chi connectivity index (χ3v) is 3.31. The average Bonchev–Trinajstić information content (AvgIpc) is 2.15. The summed E-state index contributed by atoms with van der Waals surface area (Å²) in [5, 5.41) is 8.75. The Morgan fingerprint density at radius 3 is 2.07 bits per heavy atom. The highest BCUT2D eigenvalue weighted by Gasteiger charge is 2.14. The number of benzene rings is 1. The molecule has 0 aliphatic carbocycles. The van der Waals surface area contributed by atoms with Gasteiger partial charge in [0.05, 0.1) is 10.8 Å². The molecule has 0 heterocycles. The predicted molar refractivity (Wildman–Crippen MR) is 55.6 cm³/mol. The van der Waals surface area contributed by atoms with Gasteiger partial charge in [0.25, 0.3) is 0 Å². The molecule has 5 heteroatoms. The molecule has 0 bridgehead atoms. The van der Waals surface area contributed by atoms with Crippen molar-refractivity contribution in [1.29, 1.82) is 0 Å². The van der Waals surface area contributed by atoms with E-state index in [0.717, 1.165) is 6.26 Å². The van der Waals surface area contributed by atoms with E-state index in [4.69, 9.17) is 5.11 Å². The third kappa shape index (κ3) is 2.79. The Bertz CT molecular complexity index is 459. The maximum atomic E-state index is 11.1. The summed E-state index contributed by atoms with van der Waals surface area (Å²) < 4.78 is 22.3. The Morgan fingerprint density at radius 1 is 1.27 bits per heavy atom. The van der Waals surface area contributed by atoms with Crippen molar-refractivity contribution >= 4 is 15.8 Å².